The average Bonchev–Trinajstić information content (AvgIpc) is 3.36. The van der Waals surface area contributed by atoms with Gasteiger partial charge in [-0.25, -0.2) is 9.55 Å². The molecule has 198 valence electrons. The smallest absolute Gasteiger partial charge is 0.385 e. The largest absolute Gasteiger partial charge is 0.469 e. The Morgan fingerprint density at radius 3 is 2.42 bits per heavy atom. The van der Waals surface area contributed by atoms with E-state index in [1.54, 1.807) is 17.7 Å². The van der Waals surface area contributed by atoms with Gasteiger partial charge in [0.2, 0.25) is 0 Å². The van der Waals surface area contributed by atoms with Crippen molar-refractivity contribution >= 4 is 7.82 Å². The van der Waals surface area contributed by atoms with Crippen molar-refractivity contribution < 1.29 is 24.0 Å². The number of nitrogens with one attached hydrogen (secondary N) is 1. The summed E-state index contributed by atoms with van der Waals surface area (Å²) in [5.41, 5.74) is 4.22. The fourth-order valence-corrected chi connectivity index (χ4v) is 4.86. The molecule has 10 heteroatoms. The first-order valence-electron chi connectivity index (χ1n) is 12.5. The van der Waals surface area contributed by atoms with Gasteiger partial charge in [0.25, 0.3) is 0 Å². The standard InChI is InChI=1S/C28H31N4O5P/c1-20(33)28-31-15-16-32(28)27(19-37-38(34,35)36)12-5-21-3-6-22(7-4-21)23-8-10-24(11-9-23)25-17-26(18-25)30-14-2-13-29/h3-4,6-11,15-16,20,25-27,30,33H,2,14,17-19H2,1H3,(H2,34,35,36)/t20-,25?,26?,27-/m0/s1. The van der Waals surface area contributed by atoms with Crippen LogP contribution in [0.3, 0.4) is 0 Å². The zero-order chi connectivity index (χ0) is 27.1. The molecule has 1 heterocycles. The first-order chi connectivity index (χ1) is 18.2. The van der Waals surface area contributed by atoms with Gasteiger partial charge in [0.1, 0.15) is 18.0 Å². The molecule has 1 aliphatic rings. The second kappa shape index (κ2) is 12.5. The molecular weight excluding hydrogens is 503 g/mol. The molecule has 0 radical (unpaired) electrons. The number of hydrogen-bond donors (Lipinski definition) is 4. The lowest BCUT2D eigenvalue weighted by Gasteiger charge is -2.36. The van der Waals surface area contributed by atoms with Crippen LogP contribution < -0.4 is 5.32 Å². The fraction of sp³-hybridized carbons (Fsp3) is 0.357. The molecule has 1 aliphatic carbocycles. The lowest BCUT2D eigenvalue weighted by Crippen LogP contribution is -2.40. The molecule has 9 nitrogen and oxygen atoms in total. The van der Waals surface area contributed by atoms with Gasteiger partial charge < -0.3 is 24.8 Å². The Morgan fingerprint density at radius 2 is 1.82 bits per heavy atom. The summed E-state index contributed by atoms with van der Waals surface area (Å²) in [6.07, 6.45) is 4.93. The molecule has 1 saturated carbocycles. The molecule has 4 rings (SSSR count). The minimum Gasteiger partial charge on any atom is -0.385 e. The topological polar surface area (TPSA) is 141 Å². The SMILES string of the molecule is C[C@H](O)c1nccn1[C@@H](C#Cc1ccc(-c2ccc(C3CC(NCCC#N)C3)cc2)cc1)COP(=O)(O)O. The Kier molecular flexibility index (Phi) is 9.14. The van der Waals surface area contributed by atoms with Gasteiger partial charge in [-0.15, -0.1) is 0 Å². The van der Waals surface area contributed by atoms with Crippen molar-refractivity contribution in [1.82, 2.24) is 14.9 Å². The third-order valence-corrected chi connectivity index (χ3v) is 7.09. The van der Waals surface area contributed by atoms with E-state index < -0.39 is 20.0 Å². The van der Waals surface area contributed by atoms with Gasteiger partial charge in [0.15, 0.2) is 0 Å². The van der Waals surface area contributed by atoms with E-state index in [0.717, 1.165) is 36.1 Å². The quantitative estimate of drug-likeness (QED) is 0.173. The molecule has 1 fully saturated rings. The van der Waals surface area contributed by atoms with Gasteiger partial charge in [0.05, 0.1) is 12.7 Å². The monoisotopic (exact) mass is 534 g/mol. The maximum atomic E-state index is 11.2. The van der Waals surface area contributed by atoms with Gasteiger partial charge in [0, 0.05) is 37.0 Å². The van der Waals surface area contributed by atoms with Crippen molar-refractivity contribution in [3.8, 4) is 29.0 Å². The van der Waals surface area contributed by atoms with E-state index in [1.165, 1.54) is 11.8 Å². The molecule has 0 aliphatic heterocycles. The first kappa shape index (κ1) is 27.8. The lowest BCUT2D eigenvalue weighted by molar-refractivity contribution is 0.165. The van der Waals surface area contributed by atoms with Gasteiger partial charge in [-0.05, 0) is 54.5 Å². The van der Waals surface area contributed by atoms with Crippen LogP contribution in [0.25, 0.3) is 11.1 Å². The number of nitriles is 1. The first-order valence-corrected chi connectivity index (χ1v) is 14.0. The molecular formula is C28H31N4O5P. The van der Waals surface area contributed by atoms with Gasteiger partial charge in [-0.1, -0.05) is 48.2 Å². The summed E-state index contributed by atoms with van der Waals surface area (Å²) in [6, 6.07) is 18.3. The second-order valence-corrected chi connectivity index (χ2v) is 10.6. The highest BCUT2D eigenvalue weighted by atomic mass is 31.2. The van der Waals surface area contributed by atoms with Crippen molar-refractivity contribution in [2.45, 2.75) is 50.3 Å². The Balaban J connectivity index is 1.41. The molecule has 4 N–H and O–H groups in total. The van der Waals surface area contributed by atoms with Crippen LogP contribution in [0.5, 0.6) is 0 Å². The van der Waals surface area contributed by atoms with Crippen molar-refractivity contribution in [2.24, 2.45) is 0 Å². The number of rotatable bonds is 10. The number of phosphoric ester groups is 1. The maximum absolute atomic E-state index is 11.2. The van der Waals surface area contributed by atoms with Crippen LogP contribution in [0.2, 0.25) is 0 Å². The average molecular weight is 535 g/mol. The summed E-state index contributed by atoms with van der Waals surface area (Å²) in [6.45, 7) is 1.94. The Hall–Kier alpha value is -3.27. The summed E-state index contributed by atoms with van der Waals surface area (Å²) in [5, 5.41) is 22.0. The number of aromatic nitrogens is 2. The van der Waals surface area contributed by atoms with Crippen molar-refractivity contribution in [3.63, 3.8) is 0 Å². The van der Waals surface area contributed by atoms with Crippen LogP contribution in [0, 0.1) is 23.2 Å². The number of imidazole rings is 1. The number of phosphoric acid groups is 1. The van der Waals surface area contributed by atoms with Crippen LogP contribution in [0.1, 0.15) is 61.2 Å². The molecule has 38 heavy (non-hydrogen) atoms. The minimum atomic E-state index is -4.69. The normalized spacial score (nSPS) is 18.5. The zero-order valence-electron chi connectivity index (χ0n) is 21.1. The van der Waals surface area contributed by atoms with Crippen molar-refractivity contribution in [1.29, 1.82) is 5.26 Å². The van der Waals surface area contributed by atoms with Crippen LogP contribution in [0.15, 0.2) is 60.9 Å². The third-order valence-electron chi connectivity index (χ3n) is 6.60. The lowest BCUT2D eigenvalue weighted by atomic mass is 9.75. The van der Waals surface area contributed by atoms with Gasteiger partial charge in [-0.3, -0.25) is 4.52 Å². The van der Waals surface area contributed by atoms with E-state index in [0.29, 0.717) is 24.2 Å². The number of nitrogens with zero attached hydrogens (tertiary/aromatic N) is 3. The van der Waals surface area contributed by atoms with E-state index in [4.69, 9.17) is 19.6 Å². The summed E-state index contributed by atoms with van der Waals surface area (Å²) >= 11 is 0. The van der Waals surface area contributed by atoms with E-state index in [9.17, 15) is 9.67 Å². The zero-order valence-corrected chi connectivity index (χ0v) is 22.0. The summed E-state index contributed by atoms with van der Waals surface area (Å²) < 4.78 is 17.5. The molecule has 2 aromatic carbocycles. The Morgan fingerprint density at radius 1 is 1.16 bits per heavy atom. The highest BCUT2D eigenvalue weighted by molar-refractivity contribution is 7.46. The van der Waals surface area contributed by atoms with Crippen LogP contribution in [-0.4, -0.2) is 43.6 Å². The minimum absolute atomic E-state index is 0.324. The molecule has 2 atom stereocenters. The van der Waals surface area contributed by atoms with Crippen molar-refractivity contribution in [2.75, 3.05) is 13.2 Å². The molecule has 0 amide bonds. The Labute approximate surface area is 222 Å². The molecule has 0 saturated heterocycles. The molecule has 0 unspecified atom stereocenters. The van der Waals surface area contributed by atoms with E-state index in [1.807, 2.05) is 24.3 Å². The Bertz CT molecular complexity index is 1360. The molecule has 3 aromatic rings. The number of benzene rings is 2. The predicted octanol–water partition coefficient (Wildman–Crippen LogP) is 4.05. The number of hydrogen-bond acceptors (Lipinski definition) is 6. The number of aliphatic hydroxyl groups is 1. The van der Waals surface area contributed by atoms with Crippen molar-refractivity contribution in [3.05, 3.63) is 77.9 Å². The van der Waals surface area contributed by atoms with Crippen LogP contribution in [-0.2, 0) is 9.09 Å². The van der Waals surface area contributed by atoms with Crippen LogP contribution in [0.4, 0.5) is 0 Å². The highest BCUT2D eigenvalue weighted by Crippen LogP contribution is 2.38. The molecule has 0 spiro atoms. The maximum Gasteiger partial charge on any atom is 0.469 e. The highest BCUT2D eigenvalue weighted by Gasteiger charge is 2.29. The molecule has 0 bridgehead atoms. The fourth-order valence-electron chi connectivity index (χ4n) is 4.52. The van der Waals surface area contributed by atoms with E-state index in [2.05, 4.69) is 52.5 Å². The second-order valence-electron chi connectivity index (χ2n) is 9.37. The summed E-state index contributed by atoms with van der Waals surface area (Å²) in [5.74, 6) is 6.90. The summed E-state index contributed by atoms with van der Waals surface area (Å²) in [4.78, 5) is 22.4. The summed E-state index contributed by atoms with van der Waals surface area (Å²) in [7, 11) is -4.69. The number of aliphatic hydroxyl groups excluding tert-OH is 1. The van der Waals surface area contributed by atoms with E-state index in [-0.39, 0.29) is 6.61 Å². The van der Waals surface area contributed by atoms with Gasteiger partial charge >= 0.3 is 7.82 Å². The van der Waals surface area contributed by atoms with Gasteiger partial charge in [-0.2, -0.15) is 5.26 Å². The van der Waals surface area contributed by atoms with E-state index >= 15 is 0 Å². The third kappa shape index (κ3) is 7.40. The van der Waals surface area contributed by atoms with Crippen LogP contribution >= 0.6 is 7.82 Å². The predicted molar refractivity (Wildman–Crippen MR) is 143 cm³/mol. The molecule has 1 aromatic heterocycles.